The van der Waals surface area contributed by atoms with Crippen molar-refractivity contribution < 1.29 is 14.6 Å². The molecular formula is C19H28O3. The van der Waals surface area contributed by atoms with Gasteiger partial charge in [-0.25, -0.2) is 0 Å². The average molecular weight is 304 g/mol. The topological polar surface area (TPSA) is 46.5 Å². The number of aliphatic hydroxyl groups excluding tert-OH is 1. The van der Waals surface area contributed by atoms with Crippen molar-refractivity contribution in [1.29, 1.82) is 0 Å². The third kappa shape index (κ3) is 4.10. The zero-order valence-electron chi connectivity index (χ0n) is 13.9. The third-order valence-electron chi connectivity index (χ3n) is 4.92. The molecule has 2 rings (SSSR count). The van der Waals surface area contributed by atoms with Crippen LogP contribution in [0, 0.1) is 23.7 Å². The van der Waals surface area contributed by atoms with E-state index in [2.05, 4.69) is 20.8 Å². The van der Waals surface area contributed by atoms with Crippen molar-refractivity contribution in [2.24, 2.45) is 23.7 Å². The van der Waals surface area contributed by atoms with Crippen LogP contribution in [0.25, 0.3) is 0 Å². The molecule has 1 aliphatic rings. The van der Waals surface area contributed by atoms with Crippen LogP contribution in [0.4, 0.5) is 0 Å². The maximum Gasteiger partial charge on any atom is 0.309 e. The maximum atomic E-state index is 12.7. The fraction of sp³-hybridized carbons (Fsp3) is 0.632. The van der Waals surface area contributed by atoms with Crippen LogP contribution in [0.3, 0.4) is 0 Å². The van der Waals surface area contributed by atoms with Gasteiger partial charge in [0.05, 0.1) is 12.5 Å². The summed E-state index contributed by atoms with van der Waals surface area (Å²) in [6.45, 7) is 6.39. The molecule has 0 bridgehead atoms. The molecule has 0 amide bonds. The molecule has 1 aromatic rings. The molecule has 1 fully saturated rings. The summed E-state index contributed by atoms with van der Waals surface area (Å²) in [5, 5.41) is 9.58. The van der Waals surface area contributed by atoms with Gasteiger partial charge in [0, 0.05) is 0 Å². The second-order valence-electron chi connectivity index (χ2n) is 6.95. The third-order valence-corrected chi connectivity index (χ3v) is 4.92. The summed E-state index contributed by atoms with van der Waals surface area (Å²) in [7, 11) is 0. The predicted octanol–water partition coefficient (Wildman–Crippen LogP) is 3.97. The SMILES string of the molecule is CC(C)[C@@H]1CC[C@@H](C)C[C@H]1C(=O)O[C@H](CO)c1ccccc1. The second kappa shape index (κ2) is 7.77. The van der Waals surface area contributed by atoms with Crippen LogP contribution in [0.1, 0.15) is 51.7 Å². The molecule has 1 aromatic carbocycles. The molecule has 0 saturated heterocycles. The van der Waals surface area contributed by atoms with Crippen molar-refractivity contribution in [3.8, 4) is 0 Å². The van der Waals surface area contributed by atoms with E-state index in [1.54, 1.807) is 0 Å². The van der Waals surface area contributed by atoms with Gasteiger partial charge in [-0.1, -0.05) is 57.5 Å². The molecule has 1 saturated carbocycles. The molecule has 3 heteroatoms. The number of benzene rings is 1. The van der Waals surface area contributed by atoms with E-state index in [0.717, 1.165) is 18.4 Å². The summed E-state index contributed by atoms with van der Waals surface area (Å²) >= 11 is 0. The molecule has 0 spiro atoms. The zero-order valence-corrected chi connectivity index (χ0v) is 13.9. The van der Waals surface area contributed by atoms with Gasteiger partial charge in [0.2, 0.25) is 0 Å². The summed E-state index contributed by atoms with van der Waals surface area (Å²) < 4.78 is 5.66. The minimum absolute atomic E-state index is 0.0403. The number of esters is 1. The molecule has 1 N–H and O–H groups in total. The Labute approximate surface area is 133 Å². The van der Waals surface area contributed by atoms with Crippen LogP contribution in [0.2, 0.25) is 0 Å². The van der Waals surface area contributed by atoms with Gasteiger partial charge in [0.15, 0.2) is 0 Å². The van der Waals surface area contributed by atoms with Crippen molar-refractivity contribution in [2.75, 3.05) is 6.61 Å². The van der Waals surface area contributed by atoms with E-state index >= 15 is 0 Å². The van der Waals surface area contributed by atoms with Gasteiger partial charge in [-0.15, -0.1) is 0 Å². The lowest BCUT2D eigenvalue weighted by Crippen LogP contribution is -2.35. The Morgan fingerprint density at radius 2 is 1.95 bits per heavy atom. The van der Waals surface area contributed by atoms with Gasteiger partial charge in [0.25, 0.3) is 0 Å². The molecule has 3 nitrogen and oxygen atoms in total. The van der Waals surface area contributed by atoms with Crippen LogP contribution in [-0.4, -0.2) is 17.7 Å². The molecule has 22 heavy (non-hydrogen) atoms. The first-order valence-electron chi connectivity index (χ1n) is 8.39. The quantitative estimate of drug-likeness (QED) is 0.837. The van der Waals surface area contributed by atoms with Crippen LogP contribution in [0.15, 0.2) is 30.3 Å². The van der Waals surface area contributed by atoms with Crippen molar-refractivity contribution >= 4 is 5.97 Å². The largest absolute Gasteiger partial charge is 0.455 e. The molecule has 0 aromatic heterocycles. The molecule has 1 aliphatic carbocycles. The first-order chi connectivity index (χ1) is 10.5. The lowest BCUT2D eigenvalue weighted by molar-refractivity contribution is -0.161. The Morgan fingerprint density at radius 1 is 1.27 bits per heavy atom. The van der Waals surface area contributed by atoms with Crippen molar-refractivity contribution in [3.05, 3.63) is 35.9 Å². The van der Waals surface area contributed by atoms with E-state index in [4.69, 9.17) is 4.74 Å². The van der Waals surface area contributed by atoms with Crippen LogP contribution in [-0.2, 0) is 9.53 Å². The molecule has 0 radical (unpaired) electrons. The van der Waals surface area contributed by atoms with E-state index in [9.17, 15) is 9.90 Å². The number of carbonyl (C=O) groups is 1. The van der Waals surface area contributed by atoms with Gasteiger partial charge in [-0.05, 0) is 36.2 Å². The summed E-state index contributed by atoms with van der Waals surface area (Å²) in [6, 6.07) is 9.48. The van der Waals surface area contributed by atoms with Crippen LogP contribution < -0.4 is 0 Å². The van der Waals surface area contributed by atoms with Gasteiger partial charge < -0.3 is 9.84 Å². The monoisotopic (exact) mass is 304 g/mol. The van der Waals surface area contributed by atoms with Crippen molar-refractivity contribution in [2.45, 2.75) is 46.1 Å². The predicted molar refractivity (Wildman–Crippen MR) is 87.2 cm³/mol. The highest BCUT2D eigenvalue weighted by Gasteiger charge is 2.37. The highest BCUT2D eigenvalue weighted by Crippen LogP contribution is 2.39. The first-order valence-corrected chi connectivity index (χ1v) is 8.39. The van der Waals surface area contributed by atoms with E-state index < -0.39 is 6.10 Å². The fourth-order valence-electron chi connectivity index (χ4n) is 3.58. The summed E-state index contributed by atoms with van der Waals surface area (Å²) in [4.78, 5) is 12.7. The first kappa shape index (κ1) is 17.0. The zero-order chi connectivity index (χ0) is 16.1. The Hall–Kier alpha value is -1.35. The number of ether oxygens (including phenoxy) is 1. The summed E-state index contributed by atoms with van der Waals surface area (Å²) in [5.74, 6) is 1.25. The lowest BCUT2D eigenvalue weighted by atomic mass is 9.70. The van der Waals surface area contributed by atoms with Gasteiger partial charge in [-0.3, -0.25) is 4.79 Å². The maximum absolute atomic E-state index is 12.7. The van der Waals surface area contributed by atoms with Gasteiger partial charge in [0.1, 0.15) is 6.10 Å². The molecule has 0 aliphatic heterocycles. The van der Waals surface area contributed by atoms with Gasteiger partial charge in [-0.2, -0.15) is 0 Å². The Balaban J connectivity index is 2.08. The Morgan fingerprint density at radius 3 is 2.55 bits per heavy atom. The van der Waals surface area contributed by atoms with E-state index in [1.165, 1.54) is 6.42 Å². The van der Waals surface area contributed by atoms with Crippen molar-refractivity contribution in [1.82, 2.24) is 0 Å². The molecule has 4 atom stereocenters. The lowest BCUT2D eigenvalue weighted by Gasteiger charge is -2.36. The summed E-state index contributed by atoms with van der Waals surface area (Å²) in [6.07, 6.45) is 2.62. The molecule has 0 unspecified atom stereocenters. The van der Waals surface area contributed by atoms with E-state index in [-0.39, 0.29) is 18.5 Å². The summed E-state index contributed by atoms with van der Waals surface area (Å²) in [5.41, 5.74) is 0.850. The number of hydrogen-bond acceptors (Lipinski definition) is 3. The van der Waals surface area contributed by atoms with E-state index in [0.29, 0.717) is 17.8 Å². The number of carbonyl (C=O) groups excluding carboxylic acids is 1. The second-order valence-corrected chi connectivity index (χ2v) is 6.95. The number of rotatable bonds is 5. The van der Waals surface area contributed by atoms with Crippen LogP contribution >= 0.6 is 0 Å². The standard InChI is InChI=1S/C19H28O3/c1-13(2)16-10-9-14(3)11-17(16)19(21)22-18(12-20)15-7-5-4-6-8-15/h4-8,13-14,16-18,20H,9-12H2,1-3H3/t14-,16+,17-,18-/m1/s1. The highest BCUT2D eigenvalue weighted by molar-refractivity contribution is 5.73. The Bertz CT molecular complexity index is 469. The Kier molecular flexibility index (Phi) is 6.01. The number of aliphatic hydroxyl groups is 1. The van der Waals surface area contributed by atoms with Crippen molar-refractivity contribution in [3.63, 3.8) is 0 Å². The molecule has 122 valence electrons. The smallest absolute Gasteiger partial charge is 0.309 e. The molecule has 0 heterocycles. The average Bonchev–Trinajstić information content (AvgIpc) is 2.52. The van der Waals surface area contributed by atoms with E-state index in [1.807, 2.05) is 30.3 Å². The minimum atomic E-state index is -0.557. The highest BCUT2D eigenvalue weighted by atomic mass is 16.6. The minimum Gasteiger partial charge on any atom is -0.455 e. The normalized spacial score (nSPS) is 26.7. The molecular weight excluding hydrogens is 276 g/mol. The fourth-order valence-corrected chi connectivity index (χ4v) is 3.58. The van der Waals surface area contributed by atoms with Crippen LogP contribution in [0.5, 0.6) is 0 Å². The number of hydrogen-bond donors (Lipinski definition) is 1. The van der Waals surface area contributed by atoms with Gasteiger partial charge >= 0.3 is 5.97 Å².